The molecule has 0 radical (unpaired) electrons. The van der Waals surface area contributed by atoms with Crippen LogP contribution >= 0.6 is 0 Å². The van der Waals surface area contributed by atoms with E-state index in [-0.39, 0.29) is 25.3 Å². The standard InChI is InChI=1S/C12H17N3O4/c1-7-9(8(2)14-12(19)13-7)6-10(16)15(3)5-4-11(17)18/h4-6H2,1-3H3,(H,17,18)(H,13,14,19). The average Bonchev–Trinajstić information content (AvgIpc) is 2.30. The second kappa shape index (κ2) is 6.12. The van der Waals surface area contributed by atoms with Gasteiger partial charge in [-0.15, -0.1) is 0 Å². The van der Waals surface area contributed by atoms with E-state index in [1.165, 1.54) is 4.90 Å². The molecule has 2 N–H and O–H groups in total. The van der Waals surface area contributed by atoms with Crippen LogP contribution in [0.15, 0.2) is 4.79 Å². The van der Waals surface area contributed by atoms with Crippen LogP contribution in [0.4, 0.5) is 0 Å². The van der Waals surface area contributed by atoms with Crippen LogP contribution < -0.4 is 5.69 Å². The number of H-pyrrole nitrogens is 1. The summed E-state index contributed by atoms with van der Waals surface area (Å²) in [7, 11) is 1.55. The van der Waals surface area contributed by atoms with Gasteiger partial charge in [0, 0.05) is 30.5 Å². The summed E-state index contributed by atoms with van der Waals surface area (Å²) in [5, 5.41) is 8.56. The summed E-state index contributed by atoms with van der Waals surface area (Å²) < 4.78 is 0. The SMILES string of the molecule is Cc1nc(=O)[nH]c(C)c1CC(=O)N(C)CCC(=O)O. The van der Waals surface area contributed by atoms with E-state index in [9.17, 15) is 14.4 Å². The van der Waals surface area contributed by atoms with Crippen LogP contribution in [0.1, 0.15) is 23.4 Å². The third-order valence-corrected chi connectivity index (χ3v) is 2.87. The van der Waals surface area contributed by atoms with Crippen molar-refractivity contribution in [1.29, 1.82) is 0 Å². The monoisotopic (exact) mass is 267 g/mol. The maximum Gasteiger partial charge on any atom is 0.345 e. The van der Waals surface area contributed by atoms with Gasteiger partial charge in [-0.1, -0.05) is 0 Å². The summed E-state index contributed by atoms with van der Waals surface area (Å²) in [4.78, 5) is 41.2. The number of hydrogen-bond acceptors (Lipinski definition) is 4. The highest BCUT2D eigenvalue weighted by molar-refractivity contribution is 5.79. The number of carboxylic acid groups (broad SMARTS) is 1. The number of nitrogens with one attached hydrogen (secondary N) is 1. The number of aromatic amines is 1. The number of aromatic nitrogens is 2. The number of carbonyl (C=O) groups excluding carboxylic acids is 1. The molecule has 0 aliphatic carbocycles. The molecule has 0 aliphatic heterocycles. The Labute approximate surface area is 110 Å². The van der Waals surface area contributed by atoms with Gasteiger partial charge in [0.05, 0.1) is 12.8 Å². The second-order valence-corrected chi connectivity index (χ2v) is 4.37. The summed E-state index contributed by atoms with van der Waals surface area (Å²) in [5.41, 5.74) is 1.36. The van der Waals surface area contributed by atoms with Crippen LogP contribution in [-0.4, -0.2) is 45.4 Å². The Hall–Kier alpha value is -2.18. The molecule has 0 unspecified atom stereocenters. The molecule has 0 atom stereocenters. The fourth-order valence-corrected chi connectivity index (χ4v) is 1.69. The van der Waals surface area contributed by atoms with E-state index in [1.54, 1.807) is 20.9 Å². The zero-order chi connectivity index (χ0) is 14.6. The van der Waals surface area contributed by atoms with Crippen molar-refractivity contribution in [3.05, 3.63) is 27.4 Å². The third kappa shape index (κ3) is 4.20. The van der Waals surface area contributed by atoms with E-state index in [2.05, 4.69) is 9.97 Å². The first-order chi connectivity index (χ1) is 8.81. The second-order valence-electron chi connectivity index (χ2n) is 4.37. The number of aryl methyl sites for hydroxylation is 2. The summed E-state index contributed by atoms with van der Waals surface area (Å²) in [6.07, 6.45) is 0.00163. The minimum Gasteiger partial charge on any atom is -0.481 e. The van der Waals surface area contributed by atoms with Crippen molar-refractivity contribution in [3.63, 3.8) is 0 Å². The molecule has 1 heterocycles. The molecular weight excluding hydrogens is 250 g/mol. The molecule has 1 aromatic heterocycles. The van der Waals surface area contributed by atoms with Gasteiger partial charge in [-0.05, 0) is 13.8 Å². The van der Waals surface area contributed by atoms with Crippen molar-refractivity contribution in [3.8, 4) is 0 Å². The first-order valence-electron chi connectivity index (χ1n) is 5.83. The van der Waals surface area contributed by atoms with Crippen molar-refractivity contribution in [2.45, 2.75) is 26.7 Å². The van der Waals surface area contributed by atoms with Crippen molar-refractivity contribution in [1.82, 2.24) is 14.9 Å². The normalized spacial score (nSPS) is 10.3. The molecule has 1 amide bonds. The van der Waals surface area contributed by atoms with Gasteiger partial charge in [0.1, 0.15) is 0 Å². The van der Waals surface area contributed by atoms with E-state index < -0.39 is 11.7 Å². The lowest BCUT2D eigenvalue weighted by Gasteiger charge is -2.17. The molecule has 0 saturated carbocycles. The summed E-state index contributed by atoms with van der Waals surface area (Å²) in [5.74, 6) is -1.15. The van der Waals surface area contributed by atoms with Crippen molar-refractivity contribution in [2.75, 3.05) is 13.6 Å². The lowest BCUT2D eigenvalue weighted by molar-refractivity contribution is -0.138. The highest BCUT2D eigenvalue weighted by Crippen LogP contribution is 2.09. The van der Waals surface area contributed by atoms with E-state index >= 15 is 0 Å². The molecule has 0 saturated heterocycles. The molecular formula is C12H17N3O4. The number of carboxylic acids is 1. The predicted molar refractivity (Wildman–Crippen MR) is 67.9 cm³/mol. The van der Waals surface area contributed by atoms with Crippen molar-refractivity contribution in [2.24, 2.45) is 0 Å². The predicted octanol–water partition coefficient (Wildman–Crippen LogP) is -0.138. The van der Waals surface area contributed by atoms with Crippen LogP contribution in [0.25, 0.3) is 0 Å². The molecule has 0 aliphatic rings. The highest BCUT2D eigenvalue weighted by atomic mass is 16.4. The maximum atomic E-state index is 11.9. The third-order valence-electron chi connectivity index (χ3n) is 2.87. The Morgan fingerprint density at radius 1 is 1.37 bits per heavy atom. The van der Waals surface area contributed by atoms with E-state index in [0.29, 0.717) is 17.0 Å². The number of carbonyl (C=O) groups is 2. The highest BCUT2D eigenvalue weighted by Gasteiger charge is 2.15. The van der Waals surface area contributed by atoms with E-state index in [0.717, 1.165) is 0 Å². The summed E-state index contributed by atoms with van der Waals surface area (Å²) in [6.45, 7) is 3.53. The molecule has 0 spiro atoms. The molecule has 1 rings (SSSR count). The van der Waals surface area contributed by atoms with Crippen LogP contribution in [0.5, 0.6) is 0 Å². The van der Waals surface area contributed by atoms with Gasteiger partial charge < -0.3 is 15.0 Å². The summed E-state index contributed by atoms with van der Waals surface area (Å²) >= 11 is 0. The quantitative estimate of drug-likeness (QED) is 0.773. The lowest BCUT2D eigenvalue weighted by atomic mass is 10.1. The molecule has 7 nitrogen and oxygen atoms in total. The molecule has 104 valence electrons. The van der Waals surface area contributed by atoms with Crippen LogP contribution in [0.3, 0.4) is 0 Å². The smallest absolute Gasteiger partial charge is 0.345 e. The number of likely N-dealkylation sites (N-methyl/N-ethyl adjacent to an activating group) is 1. The number of amides is 1. The fourth-order valence-electron chi connectivity index (χ4n) is 1.69. The molecule has 19 heavy (non-hydrogen) atoms. The Bertz CT molecular complexity index is 524. The Morgan fingerprint density at radius 2 is 2.00 bits per heavy atom. The van der Waals surface area contributed by atoms with Gasteiger partial charge >= 0.3 is 11.7 Å². The van der Waals surface area contributed by atoms with E-state index in [1.807, 2.05) is 0 Å². The number of aliphatic carboxylic acids is 1. The fraction of sp³-hybridized carbons (Fsp3) is 0.500. The van der Waals surface area contributed by atoms with Gasteiger partial charge in [0.15, 0.2) is 0 Å². The minimum absolute atomic E-state index is 0.0932. The van der Waals surface area contributed by atoms with Gasteiger partial charge in [-0.25, -0.2) is 4.79 Å². The van der Waals surface area contributed by atoms with Crippen LogP contribution in [0, 0.1) is 13.8 Å². The largest absolute Gasteiger partial charge is 0.481 e. The van der Waals surface area contributed by atoms with Crippen LogP contribution in [-0.2, 0) is 16.0 Å². The zero-order valence-corrected chi connectivity index (χ0v) is 11.2. The van der Waals surface area contributed by atoms with Crippen LogP contribution in [0.2, 0.25) is 0 Å². The van der Waals surface area contributed by atoms with Gasteiger partial charge in [0.25, 0.3) is 0 Å². The summed E-state index contributed by atoms with van der Waals surface area (Å²) in [6, 6.07) is 0. The molecule has 0 bridgehead atoms. The van der Waals surface area contributed by atoms with Gasteiger partial charge in [-0.3, -0.25) is 9.59 Å². The molecule has 0 fully saturated rings. The van der Waals surface area contributed by atoms with E-state index in [4.69, 9.17) is 5.11 Å². The van der Waals surface area contributed by atoms with Crippen molar-refractivity contribution >= 4 is 11.9 Å². The van der Waals surface area contributed by atoms with Gasteiger partial charge in [-0.2, -0.15) is 4.98 Å². The Kier molecular flexibility index (Phi) is 4.80. The average molecular weight is 267 g/mol. The first kappa shape index (κ1) is 14.9. The number of rotatable bonds is 5. The topological polar surface area (TPSA) is 103 Å². The maximum absolute atomic E-state index is 11.9. The van der Waals surface area contributed by atoms with Gasteiger partial charge in [0.2, 0.25) is 5.91 Å². The Balaban J connectivity index is 2.77. The lowest BCUT2D eigenvalue weighted by Crippen LogP contribution is -2.31. The molecule has 1 aromatic rings. The molecule has 0 aromatic carbocycles. The first-order valence-corrected chi connectivity index (χ1v) is 5.83. The number of hydrogen-bond donors (Lipinski definition) is 2. The zero-order valence-electron chi connectivity index (χ0n) is 11.2. The minimum atomic E-state index is -0.947. The Morgan fingerprint density at radius 3 is 2.53 bits per heavy atom. The van der Waals surface area contributed by atoms with Crippen molar-refractivity contribution < 1.29 is 14.7 Å². The number of nitrogens with zero attached hydrogens (tertiary/aromatic N) is 2. The molecule has 7 heteroatoms.